The highest BCUT2D eigenvalue weighted by Crippen LogP contribution is 2.65. The lowest BCUT2D eigenvalue weighted by atomic mass is 9.47. The van der Waals surface area contributed by atoms with Crippen molar-refractivity contribution in [2.24, 2.45) is 11.8 Å². The number of piperidine rings is 1. The third-order valence-electron chi connectivity index (χ3n) is 9.68. The average Bonchev–Trinajstić information content (AvgIpc) is 3.66. The van der Waals surface area contributed by atoms with Crippen molar-refractivity contribution in [1.82, 2.24) is 4.90 Å². The predicted octanol–water partition coefficient (Wildman–Crippen LogP) is 3.06. The maximum absolute atomic E-state index is 14.1. The molecule has 3 N–H and O–H groups in total. The first-order valence-electron chi connectivity index (χ1n) is 13.5. The second-order valence-electron chi connectivity index (χ2n) is 11.6. The molecule has 2 heterocycles. The number of benzene rings is 2. The number of anilines is 1. The number of Topliss-reactive ketones (excluding diaryl/α,β-unsaturated/α-hetero) is 1. The normalized spacial score (nSPS) is 32.3. The monoisotopic (exact) mass is 554 g/mol. The Labute approximate surface area is 231 Å². The molecular weight excluding hydrogens is 524 g/mol. The van der Waals surface area contributed by atoms with Crippen LogP contribution >= 0.6 is 11.6 Å². The molecule has 3 fully saturated rings. The van der Waals surface area contributed by atoms with Crippen molar-refractivity contribution in [3.63, 3.8) is 0 Å². The third-order valence-corrected chi connectivity index (χ3v) is 9.97. The summed E-state index contributed by atoms with van der Waals surface area (Å²) in [6, 6.07) is 6.29. The van der Waals surface area contributed by atoms with Crippen molar-refractivity contribution in [1.29, 1.82) is 0 Å². The number of phenols is 1. The van der Waals surface area contributed by atoms with Crippen LogP contribution in [0.5, 0.6) is 23.0 Å². The molecule has 0 radical (unpaired) electrons. The van der Waals surface area contributed by atoms with Crippen LogP contribution in [-0.2, 0) is 21.4 Å². The van der Waals surface area contributed by atoms with Gasteiger partial charge in [-0.05, 0) is 56.2 Å². The molecule has 2 bridgehead atoms. The van der Waals surface area contributed by atoms with Gasteiger partial charge in [-0.25, -0.2) is 0 Å². The number of amides is 1. The van der Waals surface area contributed by atoms with Crippen LogP contribution in [0.2, 0.25) is 5.02 Å². The van der Waals surface area contributed by atoms with E-state index in [-0.39, 0.29) is 24.0 Å². The van der Waals surface area contributed by atoms with E-state index in [1.165, 1.54) is 33.1 Å². The molecule has 5 atom stereocenters. The third kappa shape index (κ3) is 3.33. The van der Waals surface area contributed by atoms with E-state index in [9.17, 15) is 19.8 Å². The molecule has 3 aliphatic carbocycles. The molecular formula is C29H31ClN2O7. The number of phenolic OH excluding ortho intramolecular Hbond substituents is 1. The number of methoxy groups -OCH3 is 2. The lowest BCUT2D eigenvalue weighted by molar-refractivity contribution is -0.197. The Balaban J connectivity index is 1.30. The Kier molecular flexibility index (Phi) is 5.44. The van der Waals surface area contributed by atoms with Gasteiger partial charge in [0.25, 0.3) is 0 Å². The molecule has 2 aromatic rings. The summed E-state index contributed by atoms with van der Waals surface area (Å²) in [5.74, 6) is -0.629. The van der Waals surface area contributed by atoms with E-state index in [1.807, 2.05) is 6.07 Å². The lowest BCUT2D eigenvalue weighted by Crippen LogP contribution is -2.78. The summed E-state index contributed by atoms with van der Waals surface area (Å²) in [6.07, 6.45) is 2.34. The molecule has 9 nitrogen and oxygen atoms in total. The van der Waals surface area contributed by atoms with Crippen LogP contribution in [0.3, 0.4) is 0 Å². The van der Waals surface area contributed by atoms with Crippen LogP contribution in [-0.4, -0.2) is 71.9 Å². The molecule has 0 aromatic heterocycles. The Bertz CT molecular complexity index is 1410. The number of carbonyl (C=O) groups excluding carboxylic acids is 2. The van der Waals surface area contributed by atoms with E-state index in [0.29, 0.717) is 41.0 Å². The number of halogens is 1. The fourth-order valence-electron chi connectivity index (χ4n) is 7.70. The van der Waals surface area contributed by atoms with Crippen LogP contribution in [0.15, 0.2) is 24.3 Å². The lowest BCUT2D eigenvalue weighted by Gasteiger charge is -2.63. The number of nitrogens with one attached hydrogen (secondary N) is 1. The molecule has 1 spiro atoms. The molecule has 1 saturated heterocycles. The number of ether oxygens (including phenoxy) is 3. The largest absolute Gasteiger partial charge is 0.504 e. The zero-order valence-corrected chi connectivity index (χ0v) is 22.6. The van der Waals surface area contributed by atoms with Crippen molar-refractivity contribution in [3.8, 4) is 23.0 Å². The number of nitrogens with zero attached hydrogens (tertiary/aromatic N) is 1. The molecule has 206 valence electrons. The van der Waals surface area contributed by atoms with E-state index in [4.69, 9.17) is 25.8 Å². The van der Waals surface area contributed by atoms with Gasteiger partial charge in [0, 0.05) is 30.3 Å². The second-order valence-corrected chi connectivity index (χ2v) is 12.0. The van der Waals surface area contributed by atoms with E-state index in [0.717, 1.165) is 24.2 Å². The molecule has 7 rings (SSSR count). The molecule has 2 aromatic carbocycles. The van der Waals surface area contributed by atoms with E-state index in [2.05, 4.69) is 10.2 Å². The van der Waals surface area contributed by atoms with Gasteiger partial charge in [-0.3, -0.25) is 14.5 Å². The Morgan fingerprint density at radius 2 is 2.00 bits per heavy atom. The van der Waals surface area contributed by atoms with Crippen molar-refractivity contribution in [3.05, 3.63) is 40.4 Å². The summed E-state index contributed by atoms with van der Waals surface area (Å²) < 4.78 is 16.9. The van der Waals surface area contributed by atoms with Gasteiger partial charge in [-0.15, -0.1) is 0 Å². The zero-order chi connectivity index (χ0) is 27.3. The van der Waals surface area contributed by atoms with Gasteiger partial charge in [0.05, 0.1) is 35.9 Å². The van der Waals surface area contributed by atoms with Crippen LogP contribution in [0, 0.1) is 11.8 Å². The van der Waals surface area contributed by atoms with Gasteiger partial charge >= 0.3 is 0 Å². The van der Waals surface area contributed by atoms with E-state index >= 15 is 0 Å². The quantitative estimate of drug-likeness (QED) is 0.466. The number of aromatic hydroxyl groups is 1. The Morgan fingerprint density at radius 3 is 2.72 bits per heavy atom. The minimum Gasteiger partial charge on any atom is -0.504 e. The van der Waals surface area contributed by atoms with Gasteiger partial charge in [0.1, 0.15) is 17.4 Å². The number of aliphatic hydroxyl groups is 1. The fraction of sp³-hybridized carbons (Fsp3) is 0.517. The standard InChI is InChI=1S/C29H31ClN2O7/c1-37-20-11-18(21(38-2)10-17(20)30)31-27(35)16-12-29(36)22-9-15-5-6-19(33)25-23(15)28(29,26(39-25)24(16)34)7-8-32(22)13-14-3-4-14/h5-6,10-11,14,16,22,26,33,36H,3-4,7-9,12-13H2,1-2H3,(H,31,35)/t16?,22-,26+,28+,29-/m1/s1. The summed E-state index contributed by atoms with van der Waals surface area (Å²) >= 11 is 6.23. The molecule has 39 heavy (non-hydrogen) atoms. The molecule has 5 aliphatic rings. The maximum Gasteiger partial charge on any atom is 0.235 e. The summed E-state index contributed by atoms with van der Waals surface area (Å²) in [7, 11) is 2.92. The number of hydrogen-bond acceptors (Lipinski definition) is 8. The number of likely N-dealkylation sites (tertiary alicyclic amines) is 1. The smallest absolute Gasteiger partial charge is 0.235 e. The highest BCUT2D eigenvalue weighted by molar-refractivity contribution is 6.32. The molecule has 1 amide bonds. The minimum absolute atomic E-state index is 0.0368. The first-order valence-corrected chi connectivity index (χ1v) is 13.8. The topological polar surface area (TPSA) is 118 Å². The Hall–Kier alpha value is -3.01. The van der Waals surface area contributed by atoms with Crippen molar-refractivity contribution < 1.29 is 34.0 Å². The van der Waals surface area contributed by atoms with Crippen LogP contribution in [0.4, 0.5) is 5.69 Å². The van der Waals surface area contributed by atoms with E-state index in [1.54, 1.807) is 12.1 Å². The summed E-state index contributed by atoms with van der Waals surface area (Å²) in [5.41, 5.74) is -0.357. The van der Waals surface area contributed by atoms with Gasteiger partial charge in [0.15, 0.2) is 23.4 Å². The van der Waals surface area contributed by atoms with Crippen LogP contribution < -0.4 is 19.5 Å². The van der Waals surface area contributed by atoms with Gasteiger partial charge in [-0.1, -0.05) is 17.7 Å². The van der Waals surface area contributed by atoms with Crippen LogP contribution in [0.25, 0.3) is 0 Å². The van der Waals surface area contributed by atoms with Gasteiger partial charge < -0.3 is 29.7 Å². The summed E-state index contributed by atoms with van der Waals surface area (Å²) in [6.45, 7) is 1.62. The highest BCUT2D eigenvalue weighted by Gasteiger charge is 2.75. The second kappa shape index (κ2) is 8.49. The first kappa shape index (κ1) is 25.0. The number of ketones is 1. The Morgan fingerprint density at radius 1 is 1.23 bits per heavy atom. The zero-order valence-electron chi connectivity index (χ0n) is 21.8. The molecule has 10 heteroatoms. The predicted molar refractivity (Wildman–Crippen MR) is 142 cm³/mol. The number of rotatable bonds is 6. The van der Waals surface area contributed by atoms with E-state index < -0.39 is 34.7 Å². The van der Waals surface area contributed by atoms with Crippen molar-refractivity contribution >= 4 is 29.0 Å². The average molecular weight is 555 g/mol. The van der Waals surface area contributed by atoms with Gasteiger partial charge in [-0.2, -0.15) is 0 Å². The highest BCUT2D eigenvalue weighted by atomic mass is 35.5. The molecule has 2 aliphatic heterocycles. The van der Waals surface area contributed by atoms with Crippen molar-refractivity contribution in [2.45, 2.75) is 55.3 Å². The summed E-state index contributed by atoms with van der Waals surface area (Å²) in [5, 5.41) is 26.6. The number of hydrogen-bond donors (Lipinski definition) is 3. The van der Waals surface area contributed by atoms with Crippen molar-refractivity contribution in [2.75, 3.05) is 32.6 Å². The number of carbonyl (C=O) groups is 2. The maximum atomic E-state index is 14.1. The van der Waals surface area contributed by atoms with Gasteiger partial charge in [0.2, 0.25) is 5.91 Å². The molecule has 2 saturated carbocycles. The minimum atomic E-state index is -1.39. The molecule has 1 unspecified atom stereocenters. The first-order chi connectivity index (χ1) is 18.7. The van der Waals surface area contributed by atoms with Crippen LogP contribution in [0.1, 0.15) is 36.8 Å². The summed E-state index contributed by atoms with van der Waals surface area (Å²) in [4.78, 5) is 30.2. The fourth-order valence-corrected chi connectivity index (χ4v) is 7.93. The SMILES string of the molecule is COc1cc(NC(=O)C2C[C@@]3(O)[C@H]4Cc5ccc(O)c6c5[C@@]3(CCN4CC3CC3)[C@@H](O6)C2=O)c(OC)cc1Cl.